The highest BCUT2D eigenvalue weighted by molar-refractivity contribution is 5.87. The maximum Gasteiger partial charge on any atom is 0.314 e. The average Bonchev–Trinajstić information content (AvgIpc) is 2.58. The number of carbonyl (C=O) groups excluding carboxylic acids is 3. The summed E-state index contributed by atoms with van der Waals surface area (Å²) in [5.41, 5.74) is 0.875. The summed E-state index contributed by atoms with van der Waals surface area (Å²) in [5, 5.41) is 2.43. The summed E-state index contributed by atoms with van der Waals surface area (Å²) < 4.78 is 5.16. The van der Waals surface area contributed by atoms with Crippen LogP contribution in [0.3, 0.4) is 0 Å². The Morgan fingerprint density at radius 3 is 2.33 bits per heavy atom. The highest BCUT2D eigenvalue weighted by Crippen LogP contribution is 2.28. The molecule has 0 fully saturated rings. The van der Waals surface area contributed by atoms with Crippen molar-refractivity contribution in [2.45, 2.75) is 26.2 Å². The number of nitrogens with zero attached hydrogens (tertiary/aromatic N) is 1. The number of nitrogens with one attached hydrogen (secondary N) is 1. The molecule has 0 aliphatic heterocycles. The van der Waals surface area contributed by atoms with Crippen LogP contribution in [0.2, 0.25) is 0 Å². The topological polar surface area (TPSA) is 75.7 Å². The smallest absolute Gasteiger partial charge is 0.314 e. The molecule has 1 aromatic rings. The molecular weight excluding hydrogens is 308 g/mol. The maximum atomic E-state index is 12.4. The minimum Gasteiger partial charge on any atom is -0.455 e. The Bertz CT molecular complexity index is 557. The fourth-order valence-electron chi connectivity index (χ4n) is 2.20. The molecule has 1 N–H and O–H groups in total. The standard InChI is InChI=1S/C18H26N2O4/c1-5-13(2)17(14-9-7-6-8-10-14)18(23)24-12-15(21)19-11-16(22)20(3)4/h6-10,13,17H,5,11-12H2,1-4H3,(H,19,21)/t13-,17-/m1/s1. The van der Waals surface area contributed by atoms with Crippen LogP contribution >= 0.6 is 0 Å². The molecule has 6 heteroatoms. The fraction of sp³-hybridized carbons (Fsp3) is 0.500. The first kappa shape index (κ1) is 19.7. The number of benzene rings is 1. The van der Waals surface area contributed by atoms with Crippen molar-refractivity contribution in [3.63, 3.8) is 0 Å². The van der Waals surface area contributed by atoms with E-state index < -0.39 is 17.8 Å². The summed E-state index contributed by atoms with van der Waals surface area (Å²) in [6.45, 7) is 3.48. The van der Waals surface area contributed by atoms with Crippen LogP contribution in [-0.2, 0) is 19.1 Å². The number of esters is 1. The van der Waals surface area contributed by atoms with Gasteiger partial charge in [0.2, 0.25) is 5.91 Å². The van der Waals surface area contributed by atoms with Crippen LogP contribution < -0.4 is 5.32 Å². The van der Waals surface area contributed by atoms with E-state index in [1.54, 1.807) is 14.1 Å². The average molecular weight is 334 g/mol. The molecule has 2 atom stereocenters. The number of rotatable bonds is 8. The zero-order chi connectivity index (χ0) is 18.1. The lowest BCUT2D eigenvalue weighted by Gasteiger charge is -2.21. The number of amides is 2. The molecule has 6 nitrogen and oxygen atoms in total. The van der Waals surface area contributed by atoms with Gasteiger partial charge in [-0.05, 0) is 11.5 Å². The summed E-state index contributed by atoms with van der Waals surface area (Å²) in [4.78, 5) is 36.9. The Morgan fingerprint density at radius 2 is 1.79 bits per heavy atom. The second kappa shape index (κ2) is 9.70. The first-order valence-corrected chi connectivity index (χ1v) is 8.05. The Morgan fingerprint density at radius 1 is 1.17 bits per heavy atom. The van der Waals surface area contributed by atoms with Crippen molar-refractivity contribution in [2.24, 2.45) is 5.92 Å². The SMILES string of the molecule is CC[C@@H](C)[C@@H](C(=O)OCC(=O)NCC(=O)N(C)C)c1ccccc1. The van der Waals surface area contributed by atoms with Crippen LogP contribution in [0.15, 0.2) is 30.3 Å². The highest BCUT2D eigenvalue weighted by atomic mass is 16.5. The molecule has 0 aromatic heterocycles. The molecular formula is C18H26N2O4. The summed E-state index contributed by atoms with van der Waals surface area (Å²) in [6, 6.07) is 9.40. The molecule has 0 unspecified atom stereocenters. The van der Waals surface area contributed by atoms with Crippen LogP contribution in [0.1, 0.15) is 31.7 Å². The number of carbonyl (C=O) groups is 3. The first-order chi connectivity index (χ1) is 11.4. The number of hydrogen-bond donors (Lipinski definition) is 1. The summed E-state index contributed by atoms with van der Waals surface area (Å²) in [7, 11) is 3.20. The van der Waals surface area contributed by atoms with Crippen molar-refractivity contribution in [2.75, 3.05) is 27.2 Å². The molecule has 132 valence electrons. The van der Waals surface area contributed by atoms with Crippen molar-refractivity contribution < 1.29 is 19.1 Å². The third-order valence-electron chi connectivity index (χ3n) is 3.91. The summed E-state index contributed by atoms with van der Waals surface area (Å²) in [6.07, 6.45) is 0.818. The van der Waals surface area contributed by atoms with Gasteiger partial charge < -0.3 is 15.0 Å². The van der Waals surface area contributed by atoms with E-state index in [1.807, 2.05) is 44.2 Å². The van der Waals surface area contributed by atoms with Gasteiger partial charge in [-0.1, -0.05) is 50.6 Å². The second-order valence-electron chi connectivity index (χ2n) is 5.95. The normalized spacial score (nSPS) is 12.8. The molecule has 0 aliphatic rings. The second-order valence-corrected chi connectivity index (χ2v) is 5.95. The molecule has 0 radical (unpaired) electrons. The van der Waals surface area contributed by atoms with Crippen molar-refractivity contribution in [3.05, 3.63) is 35.9 Å². The van der Waals surface area contributed by atoms with Crippen LogP contribution in [0.25, 0.3) is 0 Å². The maximum absolute atomic E-state index is 12.4. The van der Waals surface area contributed by atoms with Gasteiger partial charge in [-0.3, -0.25) is 14.4 Å². The lowest BCUT2D eigenvalue weighted by molar-refractivity contribution is -0.151. The zero-order valence-electron chi connectivity index (χ0n) is 14.7. The van der Waals surface area contributed by atoms with E-state index in [-0.39, 0.29) is 25.0 Å². The Labute approximate surface area is 143 Å². The summed E-state index contributed by atoms with van der Waals surface area (Å²) in [5.74, 6) is -1.46. The lowest BCUT2D eigenvalue weighted by Crippen LogP contribution is -2.38. The third-order valence-corrected chi connectivity index (χ3v) is 3.91. The molecule has 0 aliphatic carbocycles. The molecule has 2 amide bonds. The minimum atomic E-state index is -0.491. The molecule has 0 saturated carbocycles. The molecule has 1 rings (SSSR count). The molecule has 1 aromatic carbocycles. The van der Waals surface area contributed by atoms with Crippen LogP contribution in [0.4, 0.5) is 0 Å². The van der Waals surface area contributed by atoms with E-state index in [1.165, 1.54) is 4.90 Å². The molecule has 0 heterocycles. The quantitative estimate of drug-likeness (QED) is 0.732. The van der Waals surface area contributed by atoms with E-state index >= 15 is 0 Å². The monoisotopic (exact) mass is 334 g/mol. The molecule has 0 saturated heterocycles. The van der Waals surface area contributed by atoms with E-state index in [9.17, 15) is 14.4 Å². The Balaban J connectivity index is 2.60. The van der Waals surface area contributed by atoms with Crippen molar-refractivity contribution >= 4 is 17.8 Å². The van der Waals surface area contributed by atoms with E-state index in [0.29, 0.717) is 0 Å². The minimum absolute atomic E-state index is 0.0956. The lowest BCUT2D eigenvalue weighted by atomic mass is 9.86. The van der Waals surface area contributed by atoms with Gasteiger partial charge in [0.15, 0.2) is 6.61 Å². The fourth-order valence-corrected chi connectivity index (χ4v) is 2.20. The predicted octanol–water partition coefficient (Wildman–Crippen LogP) is 1.56. The molecule has 24 heavy (non-hydrogen) atoms. The van der Waals surface area contributed by atoms with Gasteiger partial charge in [-0.25, -0.2) is 0 Å². The number of hydrogen-bond acceptors (Lipinski definition) is 4. The number of likely N-dealkylation sites (N-methyl/N-ethyl adjacent to an activating group) is 1. The van der Waals surface area contributed by atoms with Crippen molar-refractivity contribution in [1.29, 1.82) is 0 Å². The predicted molar refractivity (Wildman–Crippen MR) is 91.3 cm³/mol. The van der Waals surface area contributed by atoms with Crippen LogP contribution in [0, 0.1) is 5.92 Å². The van der Waals surface area contributed by atoms with Crippen LogP contribution in [0.5, 0.6) is 0 Å². The van der Waals surface area contributed by atoms with E-state index in [4.69, 9.17) is 4.74 Å². The zero-order valence-corrected chi connectivity index (χ0v) is 14.7. The summed E-state index contributed by atoms with van der Waals surface area (Å²) >= 11 is 0. The van der Waals surface area contributed by atoms with Gasteiger partial charge in [0.25, 0.3) is 5.91 Å². The third kappa shape index (κ3) is 6.02. The van der Waals surface area contributed by atoms with Crippen molar-refractivity contribution in [3.8, 4) is 0 Å². The van der Waals surface area contributed by atoms with Gasteiger partial charge in [0, 0.05) is 14.1 Å². The largest absolute Gasteiger partial charge is 0.455 e. The van der Waals surface area contributed by atoms with Gasteiger partial charge in [-0.15, -0.1) is 0 Å². The Hall–Kier alpha value is -2.37. The molecule has 0 spiro atoms. The van der Waals surface area contributed by atoms with Gasteiger partial charge in [0.05, 0.1) is 12.5 Å². The van der Waals surface area contributed by atoms with Gasteiger partial charge in [-0.2, -0.15) is 0 Å². The van der Waals surface area contributed by atoms with Crippen molar-refractivity contribution in [1.82, 2.24) is 10.2 Å². The first-order valence-electron chi connectivity index (χ1n) is 8.05. The van der Waals surface area contributed by atoms with Crippen LogP contribution in [-0.4, -0.2) is 49.9 Å². The van der Waals surface area contributed by atoms with Gasteiger partial charge in [0.1, 0.15) is 0 Å². The molecule has 0 bridgehead atoms. The van der Waals surface area contributed by atoms with E-state index in [2.05, 4.69) is 5.32 Å². The number of ether oxygens (including phenoxy) is 1. The highest BCUT2D eigenvalue weighted by Gasteiger charge is 2.27. The van der Waals surface area contributed by atoms with E-state index in [0.717, 1.165) is 12.0 Å². The van der Waals surface area contributed by atoms with Gasteiger partial charge >= 0.3 is 5.97 Å². The Kier molecular flexibility index (Phi) is 7.95.